The first kappa shape index (κ1) is 9.22. The van der Waals surface area contributed by atoms with E-state index in [0.717, 1.165) is 12.0 Å². The van der Waals surface area contributed by atoms with E-state index in [9.17, 15) is 0 Å². The summed E-state index contributed by atoms with van der Waals surface area (Å²) in [6.07, 6.45) is 2.71. The monoisotopic (exact) mass is 195 g/mol. The molecule has 3 unspecified atom stereocenters. The van der Waals surface area contributed by atoms with Crippen LogP contribution in [-0.4, -0.2) is 6.04 Å². The van der Waals surface area contributed by atoms with E-state index in [1.807, 2.05) is 0 Å². The molecule has 0 bridgehead atoms. The van der Waals surface area contributed by atoms with Crippen molar-refractivity contribution in [1.29, 1.82) is 0 Å². The molecular formula is C11H17NS. The normalized spacial score (nSPS) is 28.8. The predicted octanol–water partition coefficient (Wildman–Crippen LogP) is 3.20. The minimum Gasteiger partial charge on any atom is -0.307 e. The van der Waals surface area contributed by atoms with Gasteiger partial charge in [0.25, 0.3) is 0 Å². The molecule has 13 heavy (non-hydrogen) atoms. The average molecular weight is 195 g/mol. The lowest BCUT2D eigenvalue weighted by Crippen LogP contribution is -2.21. The van der Waals surface area contributed by atoms with Crippen LogP contribution in [0.4, 0.5) is 0 Å². The fourth-order valence-electron chi connectivity index (χ4n) is 1.84. The smallest absolute Gasteiger partial charge is 0.0302 e. The van der Waals surface area contributed by atoms with Gasteiger partial charge in [-0.3, -0.25) is 0 Å². The molecule has 1 fully saturated rings. The summed E-state index contributed by atoms with van der Waals surface area (Å²) in [5.41, 5.74) is 1.44. The number of nitrogens with one attached hydrogen (secondary N) is 1. The van der Waals surface area contributed by atoms with E-state index >= 15 is 0 Å². The van der Waals surface area contributed by atoms with Crippen molar-refractivity contribution in [1.82, 2.24) is 5.32 Å². The van der Waals surface area contributed by atoms with Gasteiger partial charge in [0.2, 0.25) is 0 Å². The maximum Gasteiger partial charge on any atom is 0.0302 e. The largest absolute Gasteiger partial charge is 0.307 e. The second-order valence-electron chi connectivity index (χ2n) is 3.96. The highest BCUT2D eigenvalue weighted by atomic mass is 32.1. The molecule has 1 nitrogen and oxygen atoms in total. The molecule has 1 N–H and O–H groups in total. The molecule has 1 aliphatic rings. The molecule has 1 aromatic rings. The van der Waals surface area contributed by atoms with E-state index in [4.69, 9.17) is 0 Å². The summed E-state index contributed by atoms with van der Waals surface area (Å²) in [5.74, 6) is 0.945. The van der Waals surface area contributed by atoms with Gasteiger partial charge in [-0.1, -0.05) is 13.3 Å². The van der Waals surface area contributed by atoms with Crippen LogP contribution >= 0.6 is 11.3 Å². The van der Waals surface area contributed by atoms with E-state index in [2.05, 4.69) is 36.0 Å². The Morgan fingerprint density at radius 2 is 2.54 bits per heavy atom. The summed E-state index contributed by atoms with van der Waals surface area (Å²) in [4.78, 5) is 0. The zero-order valence-corrected chi connectivity index (χ0v) is 9.10. The van der Waals surface area contributed by atoms with Gasteiger partial charge >= 0.3 is 0 Å². The van der Waals surface area contributed by atoms with Gasteiger partial charge in [0.05, 0.1) is 0 Å². The zero-order chi connectivity index (χ0) is 9.26. The molecule has 1 aliphatic carbocycles. The Kier molecular flexibility index (Phi) is 2.70. The SMILES string of the molecule is CCC1CC1NC(C)c1ccsc1. The third kappa shape index (κ3) is 2.12. The minimum absolute atomic E-state index is 0.535. The van der Waals surface area contributed by atoms with Crippen LogP contribution in [0, 0.1) is 5.92 Å². The zero-order valence-electron chi connectivity index (χ0n) is 8.29. The van der Waals surface area contributed by atoms with Crippen molar-refractivity contribution in [2.45, 2.75) is 38.8 Å². The third-order valence-electron chi connectivity index (χ3n) is 2.95. The molecule has 0 saturated heterocycles. The molecule has 1 aromatic heterocycles. The lowest BCUT2D eigenvalue weighted by molar-refractivity contribution is 0.540. The summed E-state index contributed by atoms with van der Waals surface area (Å²) < 4.78 is 0. The second kappa shape index (κ2) is 3.81. The van der Waals surface area contributed by atoms with Crippen LogP contribution in [-0.2, 0) is 0 Å². The highest BCUT2D eigenvalue weighted by Gasteiger charge is 2.35. The summed E-state index contributed by atoms with van der Waals surface area (Å²) in [7, 11) is 0. The lowest BCUT2D eigenvalue weighted by atomic mass is 10.2. The summed E-state index contributed by atoms with van der Waals surface area (Å²) in [6.45, 7) is 4.54. The van der Waals surface area contributed by atoms with Crippen molar-refractivity contribution in [3.8, 4) is 0 Å². The van der Waals surface area contributed by atoms with Crippen LogP contribution in [0.25, 0.3) is 0 Å². The first-order valence-corrected chi connectivity index (χ1v) is 6.03. The van der Waals surface area contributed by atoms with E-state index in [-0.39, 0.29) is 0 Å². The number of rotatable bonds is 4. The fraction of sp³-hybridized carbons (Fsp3) is 0.636. The van der Waals surface area contributed by atoms with E-state index in [1.54, 1.807) is 11.3 Å². The second-order valence-corrected chi connectivity index (χ2v) is 4.74. The number of thiophene rings is 1. The Balaban J connectivity index is 1.83. The number of hydrogen-bond acceptors (Lipinski definition) is 2. The minimum atomic E-state index is 0.535. The van der Waals surface area contributed by atoms with Gasteiger partial charge in [0, 0.05) is 12.1 Å². The van der Waals surface area contributed by atoms with Gasteiger partial charge in [-0.15, -0.1) is 0 Å². The molecule has 0 aliphatic heterocycles. The topological polar surface area (TPSA) is 12.0 Å². The average Bonchev–Trinajstić information content (AvgIpc) is 2.68. The van der Waals surface area contributed by atoms with E-state index in [1.165, 1.54) is 18.4 Å². The van der Waals surface area contributed by atoms with Crippen molar-refractivity contribution in [2.24, 2.45) is 5.92 Å². The molecule has 1 heterocycles. The van der Waals surface area contributed by atoms with Gasteiger partial charge in [-0.05, 0) is 41.7 Å². The lowest BCUT2D eigenvalue weighted by Gasteiger charge is -2.11. The Hall–Kier alpha value is -0.340. The van der Waals surface area contributed by atoms with Crippen molar-refractivity contribution < 1.29 is 0 Å². The van der Waals surface area contributed by atoms with Gasteiger partial charge in [0.15, 0.2) is 0 Å². The van der Waals surface area contributed by atoms with Crippen molar-refractivity contribution in [2.75, 3.05) is 0 Å². The Morgan fingerprint density at radius 1 is 1.69 bits per heavy atom. The summed E-state index contributed by atoms with van der Waals surface area (Å²) in [5, 5.41) is 8.05. The molecule has 0 aromatic carbocycles. The Labute approximate surface area is 84.2 Å². The van der Waals surface area contributed by atoms with Gasteiger partial charge < -0.3 is 5.32 Å². The van der Waals surface area contributed by atoms with Crippen molar-refractivity contribution in [3.05, 3.63) is 22.4 Å². The molecule has 2 heteroatoms. The molecule has 0 spiro atoms. The summed E-state index contributed by atoms with van der Waals surface area (Å²) in [6, 6.07) is 3.54. The maximum atomic E-state index is 3.66. The fourth-order valence-corrected chi connectivity index (χ4v) is 2.60. The van der Waals surface area contributed by atoms with Crippen LogP contribution in [0.3, 0.4) is 0 Å². The number of hydrogen-bond donors (Lipinski definition) is 1. The molecule has 0 radical (unpaired) electrons. The van der Waals surface area contributed by atoms with Crippen LogP contribution in [0.1, 0.15) is 38.3 Å². The maximum absolute atomic E-state index is 3.66. The first-order valence-electron chi connectivity index (χ1n) is 5.09. The van der Waals surface area contributed by atoms with Crippen LogP contribution in [0.2, 0.25) is 0 Å². The van der Waals surface area contributed by atoms with E-state index in [0.29, 0.717) is 6.04 Å². The third-order valence-corrected chi connectivity index (χ3v) is 3.66. The standard InChI is InChI=1S/C11H17NS/c1-3-9-6-11(9)12-8(2)10-4-5-13-7-10/h4-5,7-9,11-12H,3,6H2,1-2H3. The van der Waals surface area contributed by atoms with E-state index < -0.39 is 0 Å². The Morgan fingerprint density at radius 3 is 3.08 bits per heavy atom. The first-order chi connectivity index (χ1) is 6.31. The molecule has 72 valence electrons. The molecular weight excluding hydrogens is 178 g/mol. The van der Waals surface area contributed by atoms with Gasteiger partial charge in [-0.2, -0.15) is 11.3 Å². The van der Waals surface area contributed by atoms with Crippen LogP contribution < -0.4 is 5.32 Å². The van der Waals surface area contributed by atoms with Gasteiger partial charge in [0.1, 0.15) is 0 Å². The summed E-state index contributed by atoms with van der Waals surface area (Å²) >= 11 is 1.78. The van der Waals surface area contributed by atoms with Crippen LogP contribution in [0.5, 0.6) is 0 Å². The van der Waals surface area contributed by atoms with Gasteiger partial charge in [-0.25, -0.2) is 0 Å². The van der Waals surface area contributed by atoms with Crippen molar-refractivity contribution >= 4 is 11.3 Å². The molecule has 0 amide bonds. The van der Waals surface area contributed by atoms with Crippen LogP contribution in [0.15, 0.2) is 16.8 Å². The molecule has 2 rings (SSSR count). The quantitative estimate of drug-likeness (QED) is 0.778. The highest BCUT2D eigenvalue weighted by Crippen LogP contribution is 2.35. The van der Waals surface area contributed by atoms with Crippen molar-refractivity contribution in [3.63, 3.8) is 0 Å². The Bertz CT molecular complexity index is 255. The molecule has 1 saturated carbocycles. The molecule has 3 atom stereocenters. The highest BCUT2D eigenvalue weighted by molar-refractivity contribution is 7.07. The predicted molar refractivity (Wildman–Crippen MR) is 58.1 cm³/mol.